The van der Waals surface area contributed by atoms with Crippen LogP contribution in [-0.2, 0) is 9.53 Å². The number of thioether (sulfide) groups is 1. The number of ether oxygens (including phenoxy) is 1. The fourth-order valence-corrected chi connectivity index (χ4v) is 2.64. The van der Waals surface area contributed by atoms with E-state index < -0.39 is 0 Å². The van der Waals surface area contributed by atoms with Crippen LogP contribution in [0.4, 0.5) is 0 Å². The molecule has 0 saturated heterocycles. The fourth-order valence-electron chi connectivity index (χ4n) is 1.29. The Bertz CT molecular complexity index is 399. The van der Waals surface area contributed by atoms with Crippen molar-refractivity contribution in [2.75, 3.05) is 12.4 Å². The van der Waals surface area contributed by atoms with Crippen molar-refractivity contribution in [3.63, 3.8) is 0 Å². The average molecular weight is 275 g/mol. The highest BCUT2D eigenvalue weighted by Crippen LogP contribution is 2.30. The summed E-state index contributed by atoms with van der Waals surface area (Å²) in [6.07, 6.45) is 1.40. The molecule has 0 aliphatic carbocycles. The van der Waals surface area contributed by atoms with Gasteiger partial charge in [0.25, 0.3) is 0 Å². The van der Waals surface area contributed by atoms with E-state index in [0.29, 0.717) is 11.8 Å². The van der Waals surface area contributed by atoms with Crippen LogP contribution in [0.2, 0.25) is 5.15 Å². The second kappa shape index (κ2) is 6.81. The number of carbonyl (C=O) groups is 1. The Morgan fingerprint density at radius 3 is 2.82 bits per heavy atom. The number of nitrogens with zero attached hydrogens (tertiary/aromatic N) is 2. The third-order valence-electron chi connectivity index (χ3n) is 2.01. The molecule has 0 saturated carbocycles. The van der Waals surface area contributed by atoms with Gasteiger partial charge in [-0.15, -0.1) is 0 Å². The Hall–Kier alpha value is -0.810. The number of rotatable bonds is 5. The van der Waals surface area contributed by atoms with E-state index in [1.54, 1.807) is 6.92 Å². The molecule has 0 bridgehead atoms. The first kappa shape index (κ1) is 14.3. The van der Waals surface area contributed by atoms with Crippen molar-refractivity contribution >= 4 is 29.3 Å². The number of carbonyl (C=O) groups excluding carboxylic acids is 1. The summed E-state index contributed by atoms with van der Waals surface area (Å²) in [7, 11) is 0. The number of aromatic nitrogens is 2. The molecule has 1 aromatic rings. The predicted molar refractivity (Wildman–Crippen MR) is 68.5 cm³/mol. The van der Waals surface area contributed by atoms with Gasteiger partial charge in [-0.2, -0.15) is 0 Å². The molecule has 0 unspecified atom stereocenters. The van der Waals surface area contributed by atoms with Gasteiger partial charge in [0.15, 0.2) is 0 Å². The zero-order chi connectivity index (χ0) is 12.8. The first-order valence-electron chi connectivity index (χ1n) is 5.35. The summed E-state index contributed by atoms with van der Waals surface area (Å²) in [6.45, 7) is 6.20. The standard InChI is InChI=1S/C11H15ClN2O2S/c1-4-16-8(15)5-17-11-9(7(2)3)10(12)13-6-14-11/h6-7H,4-5H2,1-3H3. The molecule has 1 rings (SSSR count). The molecule has 94 valence electrons. The Morgan fingerprint density at radius 2 is 2.24 bits per heavy atom. The molecule has 17 heavy (non-hydrogen) atoms. The van der Waals surface area contributed by atoms with Crippen molar-refractivity contribution in [2.45, 2.75) is 31.7 Å². The van der Waals surface area contributed by atoms with Crippen LogP contribution in [0.1, 0.15) is 32.3 Å². The minimum Gasteiger partial charge on any atom is -0.465 e. The highest BCUT2D eigenvalue weighted by atomic mass is 35.5. The van der Waals surface area contributed by atoms with Crippen LogP contribution in [0.15, 0.2) is 11.4 Å². The van der Waals surface area contributed by atoms with Crippen molar-refractivity contribution in [2.24, 2.45) is 0 Å². The van der Waals surface area contributed by atoms with Crippen LogP contribution in [0, 0.1) is 0 Å². The molecule has 0 fully saturated rings. The van der Waals surface area contributed by atoms with Crippen molar-refractivity contribution in [3.8, 4) is 0 Å². The summed E-state index contributed by atoms with van der Waals surface area (Å²) in [4.78, 5) is 19.4. The molecule has 0 N–H and O–H groups in total. The van der Waals surface area contributed by atoms with E-state index >= 15 is 0 Å². The van der Waals surface area contributed by atoms with Gasteiger partial charge in [-0.1, -0.05) is 37.2 Å². The lowest BCUT2D eigenvalue weighted by molar-refractivity contribution is -0.139. The van der Waals surface area contributed by atoms with Gasteiger partial charge in [-0.3, -0.25) is 4.79 Å². The van der Waals surface area contributed by atoms with Gasteiger partial charge in [-0.25, -0.2) is 9.97 Å². The van der Waals surface area contributed by atoms with Crippen molar-refractivity contribution < 1.29 is 9.53 Å². The van der Waals surface area contributed by atoms with Crippen LogP contribution < -0.4 is 0 Å². The summed E-state index contributed by atoms with van der Waals surface area (Å²) < 4.78 is 4.86. The smallest absolute Gasteiger partial charge is 0.316 e. The molecular formula is C11H15ClN2O2S. The molecule has 0 radical (unpaired) electrons. The van der Waals surface area contributed by atoms with E-state index in [9.17, 15) is 4.79 Å². The predicted octanol–water partition coefficient (Wildman–Crippen LogP) is 2.91. The molecule has 6 heteroatoms. The molecule has 0 amide bonds. The van der Waals surface area contributed by atoms with Gasteiger partial charge in [0.2, 0.25) is 0 Å². The Morgan fingerprint density at radius 1 is 1.53 bits per heavy atom. The first-order valence-corrected chi connectivity index (χ1v) is 6.71. The lowest BCUT2D eigenvalue weighted by atomic mass is 10.1. The number of halogens is 1. The molecule has 0 atom stereocenters. The van der Waals surface area contributed by atoms with Gasteiger partial charge >= 0.3 is 5.97 Å². The average Bonchev–Trinajstić information content (AvgIpc) is 2.26. The van der Waals surface area contributed by atoms with Crippen molar-refractivity contribution in [1.82, 2.24) is 9.97 Å². The lowest BCUT2D eigenvalue weighted by Crippen LogP contribution is -2.07. The van der Waals surface area contributed by atoms with E-state index in [1.807, 2.05) is 13.8 Å². The van der Waals surface area contributed by atoms with Gasteiger partial charge < -0.3 is 4.74 Å². The van der Waals surface area contributed by atoms with Crippen LogP contribution in [0.25, 0.3) is 0 Å². The zero-order valence-corrected chi connectivity index (χ0v) is 11.6. The highest BCUT2D eigenvalue weighted by molar-refractivity contribution is 7.99. The molecule has 0 spiro atoms. The molecule has 4 nitrogen and oxygen atoms in total. The second-order valence-electron chi connectivity index (χ2n) is 3.63. The van der Waals surface area contributed by atoms with E-state index in [1.165, 1.54) is 18.1 Å². The molecule has 1 aromatic heterocycles. The summed E-state index contributed by atoms with van der Waals surface area (Å²) in [5, 5.41) is 1.19. The van der Waals surface area contributed by atoms with Crippen molar-refractivity contribution in [1.29, 1.82) is 0 Å². The highest BCUT2D eigenvalue weighted by Gasteiger charge is 2.15. The minimum atomic E-state index is -0.248. The van der Waals surface area contributed by atoms with E-state index in [-0.39, 0.29) is 17.6 Å². The monoisotopic (exact) mass is 274 g/mol. The van der Waals surface area contributed by atoms with E-state index in [0.717, 1.165) is 10.6 Å². The Balaban J connectivity index is 2.77. The van der Waals surface area contributed by atoms with E-state index in [4.69, 9.17) is 16.3 Å². The van der Waals surface area contributed by atoms with Crippen LogP contribution in [0.5, 0.6) is 0 Å². The quantitative estimate of drug-likeness (QED) is 0.469. The number of esters is 1. The normalized spacial score (nSPS) is 10.6. The van der Waals surface area contributed by atoms with Crippen molar-refractivity contribution in [3.05, 3.63) is 17.0 Å². The second-order valence-corrected chi connectivity index (χ2v) is 4.95. The lowest BCUT2D eigenvalue weighted by Gasteiger charge is -2.11. The summed E-state index contributed by atoms with van der Waals surface area (Å²) in [6, 6.07) is 0. The Labute approximate surface area is 110 Å². The third kappa shape index (κ3) is 4.16. The molecule has 0 aromatic carbocycles. The summed E-state index contributed by atoms with van der Waals surface area (Å²) >= 11 is 7.35. The first-order chi connectivity index (χ1) is 8.06. The van der Waals surface area contributed by atoms with Crippen LogP contribution >= 0.6 is 23.4 Å². The Kier molecular flexibility index (Phi) is 5.71. The molecule has 0 aliphatic heterocycles. The van der Waals surface area contributed by atoms with E-state index in [2.05, 4.69) is 9.97 Å². The fraction of sp³-hybridized carbons (Fsp3) is 0.545. The van der Waals surface area contributed by atoms with Crippen LogP contribution in [-0.4, -0.2) is 28.3 Å². The summed E-state index contributed by atoms with van der Waals surface area (Å²) in [5.41, 5.74) is 0.878. The molecule has 1 heterocycles. The number of hydrogen-bond acceptors (Lipinski definition) is 5. The SMILES string of the molecule is CCOC(=O)CSc1ncnc(Cl)c1C(C)C. The zero-order valence-electron chi connectivity index (χ0n) is 10.1. The van der Waals surface area contributed by atoms with Gasteiger partial charge in [-0.05, 0) is 12.8 Å². The molecular weight excluding hydrogens is 260 g/mol. The minimum absolute atomic E-state index is 0.216. The van der Waals surface area contributed by atoms with Gasteiger partial charge in [0.05, 0.1) is 12.4 Å². The van der Waals surface area contributed by atoms with Gasteiger partial charge in [0, 0.05) is 5.56 Å². The number of hydrogen-bond donors (Lipinski definition) is 0. The molecule has 0 aliphatic rings. The maximum atomic E-state index is 11.3. The summed E-state index contributed by atoms with van der Waals surface area (Å²) in [5.74, 6) is 0.205. The maximum absolute atomic E-state index is 11.3. The van der Waals surface area contributed by atoms with Crippen LogP contribution in [0.3, 0.4) is 0 Å². The largest absolute Gasteiger partial charge is 0.465 e. The third-order valence-corrected chi connectivity index (χ3v) is 3.29. The maximum Gasteiger partial charge on any atom is 0.316 e. The topological polar surface area (TPSA) is 52.1 Å². The van der Waals surface area contributed by atoms with Gasteiger partial charge in [0.1, 0.15) is 16.5 Å².